The lowest BCUT2D eigenvalue weighted by atomic mass is 9.63. The van der Waals surface area contributed by atoms with Crippen LogP contribution in [0.15, 0.2) is 29.3 Å². The normalized spacial score (nSPS) is 26.2. The number of fused-ring (bicyclic) bond motifs is 1. The third-order valence-electron chi connectivity index (χ3n) is 9.23. The first-order chi connectivity index (χ1) is 18.6. The topological polar surface area (TPSA) is 21.6 Å². The average Bonchev–Trinajstić information content (AvgIpc) is 3.24. The van der Waals surface area contributed by atoms with Crippen molar-refractivity contribution in [2.24, 2.45) is 22.7 Å². The van der Waals surface area contributed by atoms with E-state index in [4.69, 9.17) is 4.74 Å². The van der Waals surface area contributed by atoms with Gasteiger partial charge in [-0.2, -0.15) is 0 Å². The molecule has 3 aliphatic rings. The Kier molecular flexibility index (Phi) is 8.40. The Morgan fingerprint density at radius 2 is 1.44 bits per heavy atom. The van der Waals surface area contributed by atoms with Crippen molar-refractivity contribution in [2.75, 3.05) is 6.61 Å². The third-order valence-corrected chi connectivity index (χ3v) is 9.23. The summed E-state index contributed by atoms with van der Waals surface area (Å²) in [5.74, 6) is -1.32. The molecule has 1 heterocycles. The van der Waals surface area contributed by atoms with E-state index in [0.29, 0.717) is 11.5 Å². The first-order valence-corrected chi connectivity index (χ1v) is 14.9. The summed E-state index contributed by atoms with van der Waals surface area (Å²) in [6.45, 7) is 6.04. The molecule has 39 heavy (non-hydrogen) atoms. The van der Waals surface area contributed by atoms with E-state index in [9.17, 15) is 8.78 Å². The number of halogens is 4. The van der Waals surface area contributed by atoms with Gasteiger partial charge in [0.2, 0.25) is 5.90 Å². The fourth-order valence-corrected chi connectivity index (χ4v) is 7.15. The molecule has 2 aliphatic carbocycles. The zero-order valence-corrected chi connectivity index (χ0v) is 23.5. The molecule has 0 spiro atoms. The first kappa shape index (κ1) is 28.2. The minimum atomic E-state index is -0.955. The minimum Gasteiger partial charge on any atom is -0.475 e. The van der Waals surface area contributed by atoms with Gasteiger partial charge >= 0.3 is 0 Å². The van der Waals surface area contributed by atoms with E-state index >= 15 is 8.78 Å². The summed E-state index contributed by atoms with van der Waals surface area (Å²) in [5.41, 5.74) is -0.922. The number of ether oxygens (including phenoxy) is 1. The van der Waals surface area contributed by atoms with Gasteiger partial charge in [-0.25, -0.2) is 22.6 Å². The van der Waals surface area contributed by atoms with Crippen molar-refractivity contribution in [3.8, 4) is 11.1 Å². The Bertz CT molecular complexity index is 1180. The Morgan fingerprint density at radius 1 is 0.795 bits per heavy atom. The van der Waals surface area contributed by atoms with Gasteiger partial charge in [-0.15, -0.1) is 0 Å². The maximum atomic E-state index is 15.3. The number of nitrogens with zero attached hydrogens (tertiary/aromatic N) is 1. The summed E-state index contributed by atoms with van der Waals surface area (Å²) < 4.78 is 66.0. The molecule has 0 amide bonds. The molecule has 5 rings (SSSR count). The number of hydrogen-bond acceptors (Lipinski definition) is 2. The highest BCUT2D eigenvalue weighted by atomic mass is 19.1. The predicted molar refractivity (Wildman–Crippen MR) is 148 cm³/mol. The lowest BCUT2D eigenvalue weighted by Gasteiger charge is -2.42. The molecule has 2 saturated carbocycles. The zero-order valence-electron chi connectivity index (χ0n) is 23.5. The number of unbranched alkanes of at least 4 members (excludes halogenated alkanes) is 3. The summed E-state index contributed by atoms with van der Waals surface area (Å²) in [5, 5.41) is 0. The lowest BCUT2D eigenvalue weighted by Crippen LogP contribution is -2.30. The van der Waals surface area contributed by atoms with Gasteiger partial charge in [-0.1, -0.05) is 45.4 Å². The molecule has 0 radical (unpaired) electrons. The van der Waals surface area contributed by atoms with Crippen LogP contribution in [0.1, 0.15) is 108 Å². The molecule has 4 atom stereocenters. The Morgan fingerprint density at radius 3 is 2.08 bits per heavy atom. The van der Waals surface area contributed by atoms with Crippen LogP contribution in [0.5, 0.6) is 0 Å². The van der Waals surface area contributed by atoms with Crippen molar-refractivity contribution < 1.29 is 22.3 Å². The quantitative estimate of drug-likeness (QED) is 0.240. The van der Waals surface area contributed by atoms with Gasteiger partial charge in [0.1, 0.15) is 35.4 Å². The SMILES string of the molecule is CCCCCCC1CC[C@@H]2C[C@H](c3cc(F)c(-c4cc(F)c(C5=NC(C)(C)CO5)c(F)c4)c(F)c3)CC[C@@H]2C1. The van der Waals surface area contributed by atoms with Gasteiger partial charge in [-0.05, 0) is 105 Å². The number of rotatable bonds is 8. The fraction of sp³-hybridized carbons (Fsp3) is 0.606. The molecule has 212 valence electrons. The van der Waals surface area contributed by atoms with Crippen LogP contribution in [0.2, 0.25) is 0 Å². The van der Waals surface area contributed by atoms with Gasteiger partial charge < -0.3 is 4.74 Å². The summed E-state index contributed by atoms with van der Waals surface area (Å²) in [6, 6.07) is 4.67. The molecular weight excluding hydrogens is 502 g/mol. The van der Waals surface area contributed by atoms with Gasteiger partial charge in [0.25, 0.3) is 0 Å². The Hall–Kier alpha value is -2.37. The average molecular weight is 544 g/mol. The van der Waals surface area contributed by atoms with Crippen LogP contribution in [0.3, 0.4) is 0 Å². The second-order valence-corrected chi connectivity index (χ2v) is 12.8. The van der Waals surface area contributed by atoms with Crippen molar-refractivity contribution >= 4 is 5.90 Å². The zero-order chi connectivity index (χ0) is 27.7. The number of benzene rings is 2. The van der Waals surface area contributed by atoms with E-state index in [-0.39, 0.29) is 24.0 Å². The molecule has 6 heteroatoms. The maximum absolute atomic E-state index is 15.3. The van der Waals surface area contributed by atoms with Crippen LogP contribution < -0.4 is 0 Å². The van der Waals surface area contributed by atoms with E-state index in [1.165, 1.54) is 63.5 Å². The molecule has 2 nitrogen and oxygen atoms in total. The van der Waals surface area contributed by atoms with Gasteiger partial charge in [0.15, 0.2) is 0 Å². The first-order valence-electron chi connectivity index (χ1n) is 14.9. The number of hydrogen-bond donors (Lipinski definition) is 0. The predicted octanol–water partition coefficient (Wildman–Crippen LogP) is 9.74. The van der Waals surface area contributed by atoms with E-state index < -0.39 is 39.9 Å². The maximum Gasteiger partial charge on any atom is 0.222 e. The molecule has 0 saturated heterocycles. The molecule has 2 aromatic rings. The van der Waals surface area contributed by atoms with E-state index in [1.54, 1.807) is 13.8 Å². The van der Waals surface area contributed by atoms with Crippen LogP contribution in [0.25, 0.3) is 11.1 Å². The molecule has 2 aromatic carbocycles. The fourth-order valence-electron chi connectivity index (χ4n) is 7.15. The minimum absolute atomic E-state index is 0.113. The highest BCUT2D eigenvalue weighted by Gasteiger charge is 2.36. The van der Waals surface area contributed by atoms with Gasteiger partial charge in [0.05, 0.1) is 11.1 Å². The molecule has 2 fully saturated rings. The molecule has 0 bridgehead atoms. The van der Waals surface area contributed by atoms with Crippen molar-refractivity contribution in [1.29, 1.82) is 0 Å². The third kappa shape index (κ3) is 6.20. The molecule has 1 aliphatic heterocycles. The second kappa shape index (κ2) is 11.6. The van der Waals surface area contributed by atoms with Crippen LogP contribution >= 0.6 is 0 Å². The summed E-state index contributed by atoms with van der Waals surface area (Å²) in [6.07, 6.45) is 13.4. The highest BCUT2D eigenvalue weighted by molar-refractivity contribution is 5.96. The Balaban J connectivity index is 1.29. The van der Waals surface area contributed by atoms with Crippen LogP contribution in [0, 0.1) is 41.0 Å². The van der Waals surface area contributed by atoms with Crippen LogP contribution in [-0.4, -0.2) is 18.0 Å². The monoisotopic (exact) mass is 543 g/mol. The summed E-state index contributed by atoms with van der Waals surface area (Å²) >= 11 is 0. The van der Waals surface area contributed by atoms with Crippen molar-refractivity contribution in [2.45, 2.75) is 103 Å². The molecule has 0 aromatic heterocycles. The smallest absolute Gasteiger partial charge is 0.222 e. The molecule has 1 unspecified atom stereocenters. The lowest BCUT2D eigenvalue weighted by molar-refractivity contribution is 0.113. The number of aliphatic imine (C=N–C) groups is 1. The highest BCUT2D eigenvalue weighted by Crippen LogP contribution is 2.49. The standard InChI is InChI=1S/C33H41F4NO/c1-4-5-6-7-8-20-9-10-22-14-23(12-11-21(22)13-20)24-15-26(34)30(27(35)16-24)25-17-28(36)31(29(37)18-25)32-38-33(2,3)19-39-32/h15-18,20-23H,4-14,19H2,1-3H3/t20?,21-,22-,23-/m1/s1. The molecule has 0 N–H and O–H groups in total. The van der Waals surface area contributed by atoms with Crippen molar-refractivity contribution in [3.05, 3.63) is 58.7 Å². The van der Waals surface area contributed by atoms with Crippen molar-refractivity contribution in [3.63, 3.8) is 0 Å². The summed E-state index contributed by atoms with van der Waals surface area (Å²) in [4.78, 5) is 4.23. The van der Waals surface area contributed by atoms with E-state index in [2.05, 4.69) is 11.9 Å². The Labute approximate surface area is 230 Å². The second-order valence-electron chi connectivity index (χ2n) is 12.8. The largest absolute Gasteiger partial charge is 0.475 e. The van der Waals surface area contributed by atoms with Gasteiger partial charge in [-0.3, -0.25) is 0 Å². The van der Waals surface area contributed by atoms with Crippen LogP contribution in [0.4, 0.5) is 17.6 Å². The van der Waals surface area contributed by atoms with Gasteiger partial charge in [0, 0.05) is 0 Å². The van der Waals surface area contributed by atoms with E-state index in [0.717, 1.165) is 43.2 Å². The van der Waals surface area contributed by atoms with Crippen LogP contribution in [-0.2, 0) is 4.74 Å². The molecular formula is C33H41F4NO. The van der Waals surface area contributed by atoms with E-state index in [1.807, 2.05) is 0 Å². The summed E-state index contributed by atoms with van der Waals surface area (Å²) in [7, 11) is 0. The van der Waals surface area contributed by atoms with Crippen molar-refractivity contribution in [1.82, 2.24) is 0 Å².